The van der Waals surface area contributed by atoms with Crippen LogP contribution in [0.3, 0.4) is 0 Å². The molecule has 0 bridgehead atoms. The molecular weight excluding hydrogens is 572 g/mol. The van der Waals surface area contributed by atoms with Gasteiger partial charge >= 0.3 is 0 Å². The first-order valence-corrected chi connectivity index (χ1v) is 12.1. The molecule has 0 saturated heterocycles. The lowest BCUT2D eigenvalue weighted by atomic mass is 10.2. The highest BCUT2D eigenvalue weighted by molar-refractivity contribution is 6.47. The van der Waals surface area contributed by atoms with Crippen LogP contribution in [0, 0.1) is 0 Å². The van der Waals surface area contributed by atoms with Crippen molar-refractivity contribution in [2.24, 2.45) is 0 Å². The fourth-order valence-corrected chi connectivity index (χ4v) is 5.03. The molecule has 0 aliphatic heterocycles. The molecule has 13 heteroatoms. The number of nitrogens with zero attached hydrogens (tertiary/aromatic N) is 5. The molecule has 0 unspecified atom stereocenters. The van der Waals surface area contributed by atoms with E-state index in [-0.39, 0.29) is 65.8 Å². The maximum Gasteiger partial charge on any atom is 0.263 e. The number of phenols is 1. The molecule has 0 saturated carbocycles. The minimum Gasteiger partial charge on any atom is -0.504 e. The van der Waals surface area contributed by atoms with E-state index in [1.807, 2.05) is 0 Å². The average Bonchev–Trinajstić information content (AvgIpc) is 2.83. The van der Waals surface area contributed by atoms with Gasteiger partial charge in [0.15, 0.2) is 5.75 Å². The Morgan fingerprint density at radius 2 is 1.22 bits per heavy atom. The van der Waals surface area contributed by atoms with Crippen LogP contribution in [0.1, 0.15) is 11.4 Å². The van der Waals surface area contributed by atoms with Crippen LogP contribution < -0.4 is 11.1 Å². The molecule has 0 fully saturated rings. The van der Waals surface area contributed by atoms with Crippen LogP contribution in [-0.4, -0.2) is 29.2 Å². The Hall–Kier alpha value is -2.88. The molecule has 36 heavy (non-hydrogen) atoms. The number of hydrogen-bond donors (Lipinski definition) is 1. The van der Waals surface area contributed by atoms with Crippen LogP contribution in [0.2, 0.25) is 25.1 Å². The first-order valence-electron chi connectivity index (χ1n) is 10.2. The van der Waals surface area contributed by atoms with E-state index < -0.39 is 11.1 Å². The summed E-state index contributed by atoms with van der Waals surface area (Å²) in [4.78, 5) is 39.0. The van der Waals surface area contributed by atoms with Crippen LogP contribution in [-0.2, 0) is 13.1 Å². The standard InChI is InChI=1S/C23H12Cl5N5O3/c24-12-4-14(26)18(28)19-16(12)22(35)32(8-29-19)6-10-2-1-3-11(31-10)7-33-9-30-20-17(23(33)36)13(25)5-15(27)21(20)34/h1-5,8-9,34H,6-7H2. The number of fused-ring (bicyclic) bond motifs is 2. The van der Waals surface area contributed by atoms with Crippen molar-refractivity contribution in [3.05, 3.63) is 100 Å². The first-order chi connectivity index (χ1) is 17.2. The highest BCUT2D eigenvalue weighted by atomic mass is 35.5. The SMILES string of the molecule is O=c1c2c(Cl)cc(Cl)c(O)c2ncn1Cc1cccc(Cn2cnc3c(Cl)c(Cl)cc(Cl)c3c2=O)n1. The monoisotopic (exact) mass is 581 g/mol. The van der Waals surface area contributed by atoms with E-state index in [0.717, 1.165) is 0 Å². The summed E-state index contributed by atoms with van der Waals surface area (Å²) >= 11 is 30.6. The van der Waals surface area contributed by atoms with Crippen molar-refractivity contribution >= 4 is 79.8 Å². The van der Waals surface area contributed by atoms with E-state index in [1.54, 1.807) is 18.2 Å². The Kier molecular flexibility index (Phi) is 6.57. The van der Waals surface area contributed by atoms with Crippen LogP contribution in [0.25, 0.3) is 21.8 Å². The Bertz CT molecular complexity index is 1690. The summed E-state index contributed by atoms with van der Waals surface area (Å²) in [5, 5.41) is 10.9. The zero-order valence-corrected chi connectivity index (χ0v) is 21.6. The molecule has 1 N–H and O–H groups in total. The summed E-state index contributed by atoms with van der Waals surface area (Å²) in [5.74, 6) is -0.321. The highest BCUT2D eigenvalue weighted by Crippen LogP contribution is 2.34. The lowest BCUT2D eigenvalue weighted by Gasteiger charge is -2.11. The van der Waals surface area contributed by atoms with Gasteiger partial charge in [0.2, 0.25) is 0 Å². The smallest absolute Gasteiger partial charge is 0.263 e. The number of benzene rings is 2. The van der Waals surface area contributed by atoms with E-state index in [0.29, 0.717) is 11.4 Å². The Labute approximate surface area is 227 Å². The van der Waals surface area contributed by atoms with Gasteiger partial charge in [-0.05, 0) is 24.3 Å². The zero-order valence-electron chi connectivity index (χ0n) is 17.8. The Balaban J connectivity index is 1.49. The quantitative estimate of drug-likeness (QED) is 0.278. The summed E-state index contributed by atoms with van der Waals surface area (Å²) < 4.78 is 2.66. The maximum atomic E-state index is 13.1. The first kappa shape index (κ1) is 24.8. The van der Waals surface area contributed by atoms with Gasteiger partial charge in [0.05, 0.1) is 78.5 Å². The van der Waals surface area contributed by atoms with Gasteiger partial charge < -0.3 is 5.11 Å². The molecule has 0 radical (unpaired) electrons. The summed E-state index contributed by atoms with van der Waals surface area (Å²) in [6.45, 7) is 0.162. The van der Waals surface area contributed by atoms with Crippen molar-refractivity contribution in [3.8, 4) is 5.75 Å². The van der Waals surface area contributed by atoms with E-state index >= 15 is 0 Å². The van der Waals surface area contributed by atoms with Crippen molar-refractivity contribution < 1.29 is 5.11 Å². The number of rotatable bonds is 4. The van der Waals surface area contributed by atoms with Crippen molar-refractivity contribution in [1.82, 2.24) is 24.1 Å². The topological polar surface area (TPSA) is 103 Å². The van der Waals surface area contributed by atoms with Crippen molar-refractivity contribution in [2.45, 2.75) is 13.1 Å². The molecule has 0 atom stereocenters. The second kappa shape index (κ2) is 9.53. The number of hydrogen-bond acceptors (Lipinski definition) is 6. The van der Waals surface area contributed by atoms with Gasteiger partial charge in [-0.3, -0.25) is 23.7 Å². The van der Waals surface area contributed by atoms with Gasteiger partial charge in [0.1, 0.15) is 5.52 Å². The van der Waals surface area contributed by atoms with Crippen molar-refractivity contribution in [3.63, 3.8) is 0 Å². The predicted octanol–water partition coefficient (Wildman–Crippen LogP) is 5.57. The van der Waals surface area contributed by atoms with Gasteiger partial charge in [0.25, 0.3) is 11.1 Å². The average molecular weight is 584 g/mol. The Morgan fingerprint density at radius 1 is 0.722 bits per heavy atom. The van der Waals surface area contributed by atoms with E-state index in [2.05, 4.69) is 15.0 Å². The van der Waals surface area contributed by atoms with Crippen LogP contribution >= 0.6 is 58.0 Å². The highest BCUT2D eigenvalue weighted by Gasteiger charge is 2.17. The van der Waals surface area contributed by atoms with E-state index in [1.165, 1.54) is 33.9 Å². The molecule has 8 nitrogen and oxygen atoms in total. The predicted molar refractivity (Wildman–Crippen MR) is 141 cm³/mol. The molecule has 0 amide bonds. The molecule has 0 spiro atoms. The molecule has 182 valence electrons. The minimum absolute atomic E-state index is 0.00315. The fourth-order valence-electron chi connectivity index (χ4n) is 3.76. The normalized spacial score (nSPS) is 11.5. The molecule has 3 aromatic heterocycles. The van der Waals surface area contributed by atoms with Gasteiger partial charge in [0, 0.05) is 0 Å². The zero-order chi connectivity index (χ0) is 25.7. The molecule has 5 aromatic rings. The third-order valence-corrected chi connectivity index (χ3v) is 7.12. The molecule has 0 aliphatic carbocycles. The molecular formula is C23H12Cl5N5O3. The lowest BCUT2D eigenvalue weighted by molar-refractivity contribution is 0.480. The molecule has 5 rings (SSSR count). The van der Waals surface area contributed by atoms with Crippen LogP contribution in [0.15, 0.2) is 52.6 Å². The minimum atomic E-state index is -0.468. The van der Waals surface area contributed by atoms with Crippen molar-refractivity contribution in [1.29, 1.82) is 0 Å². The molecule has 3 heterocycles. The van der Waals surface area contributed by atoms with E-state index in [4.69, 9.17) is 58.0 Å². The second-order valence-electron chi connectivity index (χ2n) is 7.77. The maximum absolute atomic E-state index is 13.1. The third kappa shape index (κ3) is 4.29. The number of pyridine rings is 1. The second-order valence-corrected chi connectivity index (χ2v) is 9.77. The van der Waals surface area contributed by atoms with Crippen LogP contribution in [0.4, 0.5) is 0 Å². The van der Waals surface area contributed by atoms with Gasteiger partial charge in [-0.1, -0.05) is 64.1 Å². The molecule has 2 aromatic carbocycles. The summed E-state index contributed by atoms with van der Waals surface area (Å²) in [6.07, 6.45) is 2.62. The number of halogens is 5. The van der Waals surface area contributed by atoms with Gasteiger partial charge in [-0.15, -0.1) is 0 Å². The lowest BCUT2D eigenvalue weighted by Crippen LogP contribution is -2.23. The third-order valence-electron chi connectivity index (χ3n) is 5.46. The van der Waals surface area contributed by atoms with E-state index in [9.17, 15) is 14.7 Å². The van der Waals surface area contributed by atoms with Crippen LogP contribution in [0.5, 0.6) is 5.75 Å². The Morgan fingerprint density at radius 3 is 1.81 bits per heavy atom. The number of aromatic nitrogens is 5. The fraction of sp³-hybridized carbons (Fsp3) is 0.0870. The number of aromatic hydroxyl groups is 1. The largest absolute Gasteiger partial charge is 0.504 e. The molecule has 0 aliphatic rings. The summed E-state index contributed by atoms with van der Waals surface area (Å²) in [5.41, 5.74) is 0.420. The summed E-state index contributed by atoms with van der Waals surface area (Å²) in [6, 6.07) is 7.89. The van der Waals surface area contributed by atoms with Crippen molar-refractivity contribution in [2.75, 3.05) is 0 Å². The number of phenolic OH excluding ortho intramolecular Hbond substituents is 1. The summed E-state index contributed by atoms with van der Waals surface area (Å²) in [7, 11) is 0. The van der Waals surface area contributed by atoms with Gasteiger partial charge in [-0.25, -0.2) is 9.97 Å². The van der Waals surface area contributed by atoms with Gasteiger partial charge in [-0.2, -0.15) is 0 Å².